The lowest BCUT2D eigenvalue weighted by Gasteiger charge is -2.36. The summed E-state index contributed by atoms with van der Waals surface area (Å²) in [6.45, 7) is 9.06. The fourth-order valence-electron chi connectivity index (χ4n) is 1.34. The molecule has 4 heteroatoms. The SMILES string of the molecule is CC1(N)CCN(OC(=O)C(C)(C)C)CC1. The third-order valence-corrected chi connectivity index (χ3v) is 2.69. The molecule has 0 aliphatic carbocycles. The molecule has 0 bridgehead atoms. The van der Waals surface area contributed by atoms with Crippen molar-refractivity contribution >= 4 is 5.97 Å². The van der Waals surface area contributed by atoms with Gasteiger partial charge in [-0.15, -0.1) is 5.06 Å². The zero-order valence-electron chi connectivity index (χ0n) is 10.2. The van der Waals surface area contributed by atoms with Crippen molar-refractivity contribution in [2.45, 2.75) is 46.1 Å². The van der Waals surface area contributed by atoms with Crippen LogP contribution >= 0.6 is 0 Å². The van der Waals surface area contributed by atoms with Crippen molar-refractivity contribution in [1.29, 1.82) is 0 Å². The summed E-state index contributed by atoms with van der Waals surface area (Å²) in [6, 6.07) is 0. The highest BCUT2D eigenvalue weighted by molar-refractivity contribution is 5.75. The van der Waals surface area contributed by atoms with Gasteiger partial charge >= 0.3 is 5.97 Å². The lowest BCUT2D eigenvalue weighted by molar-refractivity contribution is -0.206. The largest absolute Gasteiger partial charge is 0.367 e. The van der Waals surface area contributed by atoms with Crippen LogP contribution in [0, 0.1) is 5.41 Å². The van der Waals surface area contributed by atoms with Gasteiger partial charge in [0.05, 0.1) is 5.41 Å². The standard InChI is InChI=1S/C11H22N2O2/c1-10(2,3)9(14)15-13-7-5-11(4,12)6-8-13/h5-8,12H2,1-4H3. The zero-order valence-corrected chi connectivity index (χ0v) is 10.2. The van der Waals surface area contributed by atoms with Crippen molar-refractivity contribution in [3.8, 4) is 0 Å². The lowest BCUT2D eigenvalue weighted by Crippen LogP contribution is -2.49. The van der Waals surface area contributed by atoms with Crippen LogP contribution in [-0.2, 0) is 9.63 Å². The summed E-state index contributed by atoms with van der Waals surface area (Å²) in [5.74, 6) is -0.178. The van der Waals surface area contributed by atoms with Gasteiger partial charge in [-0.05, 0) is 40.5 Å². The number of rotatable bonds is 1. The van der Waals surface area contributed by atoms with Crippen LogP contribution in [-0.4, -0.2) is 29.7 Å². The maximum Gasteiger partial charge on any atom is 0.330 e. The Bertz CT molecular complexity index is 233. The topological polar surface area (TPSA) is 55.6 Å². The fourth-order valence-corrected chi connectivity index (χ4v) is 1.34. The van der Waals surface area contributed by atoms with Crippen molar-refractivity contribution in [2.75, 3.05) is 13.1 Å². The van der Waals surface area contributed by atoms with Crippen LogP contribution in [0.3, 0.4) is 0 Å². The first-order valence-electron chi connectivity index (χ1n) is 5.47. The number of nitrogens with two attached hydrogens (primary N) is 1. The van der Waals surface area contributed by atoms with Crippen molar-refractivity contribution in [3.63, 3.8) is 0 Å². The molecule has 2 N–H and O–H groups in total. The Morgan fingerprint density at radius 2 is 1.80 bits per heavy atom. The molecule has 1 rings (SSSR count). The number of piperidine rings is 1. The molecule has 1 fully saturated rings. The minimum atomic E-state index is -0.441. The summed E-state index contributed by atoms with van der Waals surface area (Å²) in [6.07, 6.45) is 1.73. The average Bonchev–Trinajstić information content (AvgIpc) is 2.07. The molecule has 88 valence electrons. The Morgan fingerprint density at radius 3 is 2.20 bits per heavy atom. The fraction of sp³-hybridized carbons (Fsp3) is 0.909. The number of hydrogen-bond donors (Lipinski definition) is 1. The van der Waals surface area contributed by atoms with Gasteiger partial charge in [0.25, 0.3) is 0 Å². The van der Waals surface area contributed by atoms with Crippen molar-refractivity contribution < 1.29 is 9.63 Å². The quantitative estimate of drug-likeness (QED) is 0.715. The molecule has 0 spiro atoms. The third kappa shape index (κ3) is 3.80. The molecule has 0 radical (unpaired) electrons. The smallest absolute Gasteiger partial charge is 0.330 e. The maximum absolute atomic E-state index is 11.6. The first-order valence-corrected chi connectivity index (χ1v) is 5.47. The van der Waals surface area contributed by atoms with Crippen LogP contribution in [0.4, 0.5) is 0 Å². The van der Waals surface area contributed by atoms with E-state index in [1.807, 2.05) is 27.7 Å². The molecule has 1 aliphatic heterocycles. The second-order valence-electron chi connectivity index (χ2n) is 5.71. The van der Waals surface area contributed by atoms with Gasteiger partial charge in [0, 0.05) is 18.6 Å². The van der Waals surface area contributed by atoms with Crippen molar-refractivity contribution in [2.24, 2.45) is 11.1 Å². The molecule has 4 nitrogen and oxygen atoms in total. The van der Waals surface area contributed by atoms with E-state index in [0.29, 0.717) is 0 Å². The van der Waals surface area contributed by atoms with E-state index in [1.165, 1.54) is 0 Å². The van der Waals surface area contributed by atoms with Gasteiger partial charge in [0.2, 0.25) is 0 Å². The number of hydroxylamine groups is 2. The molecule has 0 amide bonds. The minimum Gasteiger partial charge on any atom is -0.367 e. The Morgan fingerprint density at radius 1 is 1.33 bits per heavy atom. The third-order valence-electron chi connectivity index (χ3n) is 2.69. The summed E-state index contributed by atoms with van der Waals surface area (Å²) in [7, 11) is 0. The number of carbonyl (C=O) groups excluding carboxylic acids is 1. The van der Waals surface area contributed by atoms with Gasteiger partial charge in [-0.1, -0.05) is 0 Å². The normalized spacial score (nSPS) is 22.5. The molecular weight excluding hydrogens is 192 g/mol. The number of carbonyl (C=O) groups is 1. The molecule has 0 aromatic heterocycles. The highest BCUT2D eigenvalue weighted by Gasteiger charge is 2.31. The zero-order chi connectivity index (χ0) is 11.7. The summed E-state index contributed by atoms with van der Waals surface area (Å²) < 4.78 is 0. The van der Waals surface area contributed by atoms with Gasteiger partial charge in [0.15, 0.2) is 0 Å². The van der Waals surface area contributed by atoms with E-state index in [9.17, 15) is 4.79 Å². The van der Waals surface area contributed by atoms with E-state index >= 15 is 0 Å². The number of hydrogen-bond acceptors (Lipinski definition) is 4. The molecule has 15 heavy (non-hydrogen) atoms. The van der Waals surface area contributed by atoms with E-state index in [-0.39, 0.29) is 11.5 Å². The van der Waals surface area contributed by atoms with E-state index in [1.54, 1.807) is 5.06 Å². The van der Waals surface area contributed by atoms with Crippen LogP contribution in [0.1, 0.15) is 40.5 Å². The first kappa shape index (κ1) is 12.5. The minimum absolute atomic E-state index is 0.107. The summed E-state index contributed by atoms with van der Waals surface area (Å²) in [4.78, 5) is 16.9. The van der Waals surface area contributed by atoms with Crippen LogP contribution < -0.4 is 5.73 Å². The van der Waals surface area contributed by atoms with Crippen LogP contribution in [0.2, 0.25) is 0 Å². The van der Waals surface area contributed by atoms with Crippen molar-refractivity contribution in [3.05, 3.63) is 0 Å². The van der Waals surface area contributed by atoms with Crippen LogP contribution in [0.5, 0.6) is 0 Å². The lowest BCUT2D eigenvalue weighted by atomic mass is 9.92. The highest BCUT2D eigenvalue weighted by atomic mass is 16.7. The average molecular weight is 214 g/mol. The highest BCUT2D eigenvalue weighted by Crippen LogP contribution is 2.21. The second kappa shape index (κ2) is 4.10. The molecule has 0 saturated carbocycles. The van der Waals surface area contributed by atoms with Gasteiger partial charge in [-0.3, -0.25) is 0 Å². The molecule has 1 heterocycles. The van der Waals surface area contributed by atoms with Gasteiger partial charge in [0.1, 0.15) is 0 Å². The second-order valence-corrected chi connectivity index (χ2v) is 5.71. The predicted octanol–water partition coefficient (Wildman–Crippen LogP) is 1.30. The van der Waals surface area contributed by atoms with E-state index in [4.69, 9.17) is 10.6 Å². The number of nitrogens with zero attached hydrogens (tertiary/aromatic N) is 1. The Labute approximate surface area is 91.7 Å². The molecule has 0 atom stereocenters. The summed E-state index contributed by atoms with van der Waals surface area (Å²) in [5.41, 5.74) is 5.44. The maximum atomic E-state index is 11.6. The van der Waals surface area contributed by atoms with Gasteiger partial charge < -0.3 is 10.6 Å². The van der Waals surface area contributed by atoms with E-state index in [0.717, 1.165) is 25.9 Å². The molecule has 1 aliphatic rings. The van der Waals surface area contributed by atoms with E-state index in [2.05, 4.69) is 0 Å². The van der Waals surface area contributed by atoms with E-state index < -0.39 is 5.41 Å². The van der Waals surface area contributed by atoms with Crippen LogP contribution in [0.15, 0.2) is 0 Å². The molecule has 0 unspecified atom stereocenters. The Kier molecular flexibility index (Phi) is 3.41. The predicted molar refractivity (Wildman–Crippen MR) is 58.9 cm³/mol. The van der Waals surface area contributed by atoms with Gasteiger partial charge in [-0.25, -0.2) is 4.79 Å². The van der Waals surface area contributed by atoms with Crippen LogP contribution in [0.25, 0.3) is 0 Å². The summed E-state index contributed by atoms with van der Waals surface area (Å²) in [5, 5.41) is 1.72. The molecule has 1 saturated heterocycles. The molecular formula is C11H22N2O2. The Balaban J connectivity index is 2.40. The monoisotopic (exact) mass is 214 g/mol. The first-order chi connectivity index (χ1) is 6.71. The van der Waals surface area contributed by atoms with Crippen molar-refractivity contribution in [1.82, 2.24) is 5.06 Å². The molecule has 0 aromatic carbocycles. The summed E-state index contributed by atoms with van der Waals surface area (Å²) >= 11 is 0. The molecule has 0 aromatic rings. The Hall–Kier alpha value is -0.610. The van der Waals surface area contributed by atoms with Gasteiger partial charge in [-0.2, -0.15) is 0 Å².